The van der Waals surface area contributed by atoms with Gasteiger partial charge in [0.05, 0.1) is 24.9 Å². The van der Waals surface area contributed by atoms with Crippen molar-refractivity contribution in [3.05, 3.63) is 103 Å². The van der Waals surface area contributed by atoms with Crippen molar-refractivity contribution in [3.63, 3.8) is 0 Å². The Morgan fingerprint density at radius 1 is 0.839 bits per heavy atom. The minimum atomic E-state index is -0.827. The van der Waals surface area contributed by atoms with E-state index in [0.29, 0.717) is 55.9 Å². The van der Waals surface area contributed by atoms with Gasteiger partial charge in [-0.15, -0.1) is 0 Å². The van der Waals surface area contributed by atoms with Gasteiger partial charge in [-0.2, -0.15) is 0 Å². The Hall–Kier alpha value is -4.10. The van der Waals surface area contributed by atoms with E-state index in [1.807, 2.05) is 61.5 Å². The van der Waals surface area contributed by atoms with Crippen LogP contribution in [0.3, 0.4) is 0 Å². The number of hydrogen-bond donors (Lipinski definition) is 2. The lowest BCUT2D eigenvalue weighted by Gasteiger charge is -2.37. The molecule has 56 heavy (non-hydrogen) atoms. The van der Waals surface area contributed by atoms with Gasteiger partial charge in [0.25, 0.3) is 5.91 Å². The Balaban J connectivity index is 1.00. The lowest BCUT2D eigenvalue weighted by molar-refractivity contribution is -0.253. The number of esters is 1. The molecular formula is C45H57NO10. The van der Waals surface area contributed by atoms with E-state index in [9.17, 15) is 14.7 Å². The molecular weight excluding hydrogens is 714 g/mol. The highest BCUT2D eigenvalue weighted by Gasteiger charge is 2.46. The number of benzene rings is 3. The zero-order chi connectivity index (χ0) is 39.0. The quantitative estimate of drug-likeness (QED) is 0.0535. The third-order valence-electron chi connectivity index (χ3n) is 10.3. The van der Waals surface area contributed by atoms with Crippen molar-refractivity contribution in [1.82, 2.24) is 0 Å². The maximum atomic E-state index is 12.6. The number of allylic oxidation sites excluding steroid dienone is 2. The molecule has 3 fully saturated rings. The highest BCUT2D eigenvalue weighted by Crippen LogP contribution is 2.37. The van der Waals surface area contributed by atoms with Crippen molar-refractivity contribution in [2.24, 2.45) is 5.92 Å². The number of hydrogen-bond acceptors (Lipinski definition) is 10. The number of para-hydroxylation sites is 1. The van der Waals surface area contributed by atoms with Crippen LogP contribution in [0.25, 0.3) is 0 Å². The van der Waals surface area contributed by atoms with E-state index in [4.69, 9.17) is 33.2 Å². The molecule has 2 saturated heterocycles. The molecule has 1 amide bonds. The zero-order valence-electron chi connectivity index (χ0n) is 32.4. The number of carbonyl (C=O) groups excluding carboxylic acids is 2. The summed E-state index contributed by atoms with van der Waals surface area (Å²) >= 11 is 0. The molecule has 6 rings (SSSR count). The number of aliphatic hydroxyl groups excluding tert-OH is 1. The Labute approximate surface area is 330 Å². The summed E-state index contributed by atoms with van der Waals surface area (Å²) in [6.07, 6.45) is 10.4. The summed E-state index contributed by atoms with van der Waals surface area (Å²) in [4.78, 5) is 25.0. The van der Waals surface area contributed by atoms with Crippen LogP contribution in [0.1, 0.15) is 87.9 Å². The highest BCUT2D eigenvalue weighted by atomic mass is 16.7. The smallest absolute Gasteiger partial charge is 0.311 e. The molecule has 0 bridgehead atoms. The Morgan fingerprint density at radius 3 is 2.23 bits per heavy atom. The molecule has 2 aliphatic heterocycles. The average molecular weight is 772 g/mol. The van der Waals surface area contributed by atoms with Crippen LogP contribution in [0.2, 0.25) is 0 Å². The number of amides is 1. The van der Waals surface area contributed by atoms with Crippen LogP contribution in [0, 0.1) is 5.92 Å². The van der Waals surface area contributed by atoms with Crippen molar-refractivity contribution >= 4 is 17.6 Å². The van der Waals surface area contributed by atoms with Crippen molar-refractivity contribution in [1.29, 1.82) is 0 Å². The third kappa shape index (κ3) is 13.0. The van der Waals surface area contributed by atoms with E-state index < -0.39 is 17.8 Å². The SMILES string of the molecule is CC(COc1ccccc1)(CO[C@@H]1[C@@H](C/C=C\CCCC(=O)Oc2ccc(NC(=O)c3ccccc3)cc2)[C@@H](O)C[C@H]1OC1CCCCO1)OC1CCCCO1. The lowest BCUT2D eigenvalue weighted by Crippen LogP contribution is -2.47. The van der Waals surface area contributed by atoms with Crippen molar-refractivity contribution < 1.29 is 47.9 Å². The van der Waals surface area contributed by atoms with E-state index in [0.717, 1.165) is 44.3 Å². The molecule has 0 spiro atoms. The summed E-state index contributed by atoms with van der Waals surface area (Å²) in [5, 5.41) is 14.2. The molecule has 11 heteroatoms. The van der Waals surface area contributed by atoms with Gasteiger partial charge in [0.2, 0.25) is 0 Å². The van der Waals surface area contributed by atoms with Gasteiger partial charge in [-0.05, 0) is 113 Å². The predicted octanol–water partition coefficient (Wildman–Crippen LogP) is 8.02. The Bertz CT molecular complexity index is 1640. The third-order valence-corrected chi connectivity index (χ3v) is 10.3. The van der Waals surface area contributed by atoms with Gasteiger partial charge >= 0.3 is 5.97 Å². The van der Waals surface area contributed by atoms with Crippen LogP contribution >= 0.6 is 0 Å². The first-order chi connectivity index (χ1) is 27.3. The molecule has 2 heterocycles. The second-order valence-electron chi connectivity index (χ2n) is 15.1. The van der Waals surface area contributed by atoms with Gasteiger partial charge in [-0.25, -0.2) is 0 Å². The first-order valence-corrected chi connectivity index (χ1v) is 20.2. The normalized spacial score (nSPS) is 25.0. The van der Waals surface area contributed by atoms with Crippen molar-refractivity contribution in [2.75, 3.05) is 31.7 Å². The van der Waals surface area contributed by atoms with Gasteiger partial charge in [0, 0.05) is 43.2 Å². The molecule has 2 N–H and O–H groups in total. The second kappa shape index (κ2) is 21.4. The fourth-order valence-corrected chi connectivity index (χ4v) is 7.28. The van der Waals surface area contributed by atoms with Crippen LogP contribution in [-0.4, -0.2) is 79.9 Å². The number of rotatable bonds is 19. The summed E-state index contributed by atoms with van der Waals surface area (Å²) in [5.41, 5.74) is 0.344. The molecule has 3 aliphatic rings. The molecule has 3 aromatic rings. The predicted molar refractivity (Wildman–Crippen MR) is 211 cm³/mol. The fourth-order valence-electron chi connectivity index (χ4n) is 7.28. The van der Waals surface area contributed by atoms with Crippen LogP contribution in [0.15, 0.2) is 97.1 Å². The summed E-state index contributed by atoms with van der Waals surface area (Å²) in [5.74, 6) is 0.410. The van der Waals surface area contributed by atoms with E-state index >= 15 is 0 Å². The molecule has 1 aliphatic carbocycles. The van der Waals surface area contributed by atoms with Gasteiger partial charge in [0.1, 0.15) is 23.7 Å². The van der Waals surface area contributed by atoms with E-state index in [1.54, 1.807) is 36.4 Å². The molecule has 302 valence electrons. The van der Waals surface area contributed by atoms with Gasteiger partial charge in [0.15, 0.2) is 12.6 Å². The molecule has 0 aromatic heterocycles. The Morgan fingerprint density at radius 2 is 1.54 bits per heavy atom. The summed E-state index contributed by atoms with van der Waals surface area (Å²) in [6, 6.07) is 25.4. The summed E-state index contributed by atoms with van der Waals surface area (Å²) < 4.78 is 43.3. The molecule has 11 nitrogen and oxygen atoms in total. The van der Waals surface area contributed by atoms with E-state index in [2.05, 4.69) is 11.4 Å². The molecule has 0 radical (unpaired) electrons. The summed E-state index contributed by atoms with van der Waals surface area (Å²) in [6.45, 7) is 3.79. The highest BCUT2D eigenvalue weighted by molar-refractivity contribution is 6.04. The van der Waals surface area contributed by atoms with Gasteiger partial charge in [-0.1, -0.05) is 48.6 Å². The number of nitrogens with one attached hydrogen (secondary N) is 1. The van der Waals surface area contributed by atoms with E-state index in [-0.39, 0.29) is 56.1 Å². The Kier molecular flexibility index (Phi) is 15.9. The summed E-state index contributed by atoms with van der Waals surface area (Å²) in [7, 11) is 0. The first-order valence-electron chi connectivity index (χ1n) is 20.2. The van der Waals surface area contributed by atoms with Crippen LogP contribution < -0.4 is 14.8 Å². The molecule has 3 unspecified atom stereocenters. The van der Waals surface area contributed by atoms with Crippen LogP contribution in [0.5, 0.6) is 11.5 Å². The number of ether oxygens (including phenoxy) is 7. The fraction of sp³-hybridized carbons (Fsp3) is 0.511. The molecule has 7 atom stereocenters. The number of unbranched alkanes of at least 4 members (excludes halogenated alkanes) is 1. The maximum Gasteiger partial charge on any atom is 0.311 e. The maximum absolute atomic E-state index is 12.6. The van der Waals surface area contributed by atoms with Gasteiger partial charge in [-0.3, -0.25) is 9.59 Å². The first kappa shape index (κ1) is 41.5. The molecule has 3 aromatic carbocycles. The minimum Gasteiger partial charge on any atom is -0.491 e. The second-order valence-corrected chi connectivity index (χ2v) is 15.1. The van der Waals surface area contributed by atoms with E-state index in [1.165, 1.54) is 0 Å². The monoisotopic (exact) mass is 771 g/mol. The van der Waals surface area contributed by atoms with Crippen molar-refractivity contribution in [2.45, 2.75) is 114 Å². The van der Waals surface area contributed by atoms with Gasteiger partial charge < -0.3 is 43.6 Å². The largest absolute Gasteiger partial charge is 0.491 e. The van der Waals surface area contributed by atoms with Crippen LogP contribution in [0.4, 0.5) is 5.69 Å². The number of anilines is 1. The standard InChI is InChI=1S/C45H57NO10/c1-45(56-42-23-13-15-29-51-42,31-52-35-18-8-5-9-19-35)32-53-43-37(38(47)30-39(43)55-41-22-12-14-28-50-41)20-10-2-3-11-21-40(48)54-36-26-24-34(25-27-36)46-44(49)33-16-6-4-7-17-33/h2,4-10,16-19,24-27,37-39,41-43,47H,3,11-15,20-23,28-32H2,1H3,(H,46,49)/b10-2-/t37-,38-,39+,41?,42?,43+,45?/m0/s1. The lowest BCUT2D eigenvalue weighted by atomic mass is 9.98. The van der Waals surface area contributed by atoms with Crippen molar-refractivity contribution in [3.8, 4) is 11.5 Å². The molecule has 1 saturated carbocycles. The number of aliphatic hydroxyl groups is 1. The average Bonchev–Trinajstić information content (AvgIpc) is 3.52. The topological polar surface area (TPSA) is 131 Å². The number of carbonyl (C=O) groups is 2. The minimum absolute atomic E-state index is 0.210. The van der Waals surface area contributed by atoms with Crippen LogP contribution in [-0.2, 0) is 28.5 Å². The zero-order valence-corrected chi connectivity index (χ0v) is 32.4.